The zero-order valence-electron chi connectivity index (χ0n) is 26.3. The predicted octanol–water partition coefficient (Wildman–Crippen LogP) is 6.87. The zero-order chi connectivity index (χ0) is 34.0. The third kappa shape index (κ3) is 6.89. The molecule has 1 unspecified atom stereocenters. The number of pyridine rings is 1. The maximum atomic E-state index is 15.9. The molecule has 1 atom stereocenters. The van der Waals surface area contributed by atoms with Crippen LogP contribution in [0.15, 0.2) is 29.4 Å². The number of fused-ring (bicyclic) bond motifs is 1. The standard InChI is InChI=1S/C29H34F4N6O5S2/c1-26(2,3)43-24(40)37-11-8-18(29(32,33)15-37)17-12-16(46(42)39(28(7)9-10-28)25(41)44-27(4,5)6)14-38-19(17)13-34-21(38)23-36-35-22(45-23)20(30)31/h8,12-14,20H,9-11,15H2,1-7H3. The van der Waals surface area contributed by atoms with Crippen LogP contribution in [0.1, 0.15) is 78.3 Å². The third-order valence-corrected chi connectivity index (χ3v) is 9.54. The lowest BCUT2D eigenvalue weighted by Gasteiger charge is -2.34. The molecule has 0 aromatic carbocycles. The first-order valence-corrected chi connectivity index (χ1v) is 16.3. The van der Waals surface area contributed by atoms with Crippen molar-refractivity contribution in [1.29, 1.82) is 0 Å². The Morgan fingerprint density at radius 1 is 1.09 bits per heavy atom. The summed E-state index contributed by atoms with van der Waals surface area (Å²) in [6.07, 6.45) is 0.213. The van der Waals surface area contributed by atoms with E-state index in [0.717, 1.165) is 9.21 Å². The minimum Gasteiger partial charge on any atom is -0.444 e. The summed E-state index contributed by atoms with van der Waals surface area (Å²) < 4.78 is 86.0. The lowest BCUT2D eigenvalue weighted by molar-refractivity contribution is -0.0105. The van der Waals surface area contributed by atoms with Gasteiger partial charge in [-0.2, -0.15) is 8.78 Å². The van der Waals surface area contributed by atoms with Gasteiger partial charge in [-0.05, 0) is 67.4 Å². The van der Waals surface area contributed by atoms with Gasteiger partial charge in [0.15, 0.2) is 26.8 Å². The van der Waals surface area contributed by atoms with Crippen LogP contribution >= 0.6 is 11.3 Å². The highest BCUT2D eigenvalue weighted by molar-refractivity contribution is 7.83. The molecule has 0 spiro atoms. The summed E-state index contributed by atoms with van der Waals surface area (Å²) in [5, 5.41) is 6.73. The number of halogens is 4. The number of aromatic nitrogens is 4. The molecule has 0 bridgehead atoms. The molecule has 3 aromatic heterocycles. The van der Waals surface area contributed by atoms with Crippen LogP contribution in [-0.2, 0) is 20.5 Å². The fourth-order valence-corrected chi connectivity index (χ4v) is 6.82. The van der Waals surface area contributed by atoms with Gasteiger partial charge in [0, 0.05) is 23.9 Å². The molecule has 1 fully saturated rings. The third-order valence-electron chi connectivity index (χ3n) is 7.07. The van der Waals surface area contributed by atoms with Crippen molar-refractivity contribution in [3.63, 3.8) is 0 Å². The largest absolute Gasteiger partial charge is 0.444 e. The van der Waals surface area contributed by atoms with E-state index in [1.54, 1.807) is 48.5 Å². The number of rotatable bonds is 6. The van der Waals surface area contributed by atoms with E-state index in [-0.39, 0.29) is 33.4 Å². The fourth-order valence-electron chi connectivity index (χ4n) is 4.75. The second kappa shape index (κ2) is 11.6. The number of carbonyl (C=O) groups is 2. The number of hydrogen-bond donors (Lipinski definition) is 0. The maximum Gasteiger partial charge on any atom is 0.423 e. The summed E-state index contributed by atoms with van der Waals surface area (Å²) in [5.41, 5.74) is -3.05. The van der Waals surface area contributed by atoms with Gasteiger partial charge in [0.2, 0.25) is 0 Å². The van der Waals surface area contributed by atoms with Crippen LogP contribution in [0.5, 0.6) is 0 Å². The Hall–Kier alpha value is -3.60. The molecule has 17 heteroatoms. The highest BCUT2D eigenvalue weighted by Crippen LogP contribution is 2.45. The van der Waals surface area contributed by atoms with Gasteiger partial charge in [0.05, 0.1) is 28.7 Å². The summed E-state index contributed by atoms with van der Waals surface area (Å²) in [5.74, 6) is -3.60. The minimum atomic E-state index is -3.60. The quantitative estimate of drug-likeness (QED) is 0.258. The normalized spacial score (nSPS) is 18.3. The Morgan fingerprint density at radius 2 is 1.74 bits per heavy atom. The SMILES string of the molecule is CC(C)(C)OC(=O)N1CC=C(c2cc(S(=O)N(C(=O)OC(C)(C)C)C3(C)CC3)cn3c(-c4nnc(C(F)F)s4)ncc23)C(F)(F)C1. The first-order valence-electron chi connectivity index (χ1n) is 14.3. The molecular formula is C29H34F4N6O5S2. The van der Waals surface area contributed by atoms with Gasteiger partial charge in [-0.15, -0.1) is 10.2 Å². The van der Waals surface area contributed by atoms with E-state index in [9.17, 15) is 22.6 Å². The van der Waals surface area contributed by atoms with E-state index < -0.39 is 69.4 Å². The number of imidazole rings is 1. The van der Waals surface area contributed by atoms with Gasteiger partial charge in [0.1, 0.15) is 11.2 Å². The molecule has 3 aromatic rings. The smallest absolute Gasteiger partial charge is 0.423 e. The predicted molar refractivity (Wildman–Crippen MR) is 162 cm³/mol. The second-order valence-electron chi connectivity index (χ2n) is 13.4. The van der Waals surface area contributed by atoms with Gasteiger partial charge in [0.25, 0.3) is 12.3 Å². The van der Waals surface area contributed by atoms with Gasteiger partial charge < -0.3 is 9.47 Å². The van der Waals surface area contributed by atoms with Crippen LogP contribution in [-0.4, -0.2) is 80.9 Å². The molecule has 0 saturated heterocycles. The fraction of sp³-hybridized carbons (Fsp3) is 0.552. The van der Waals surface area contributed by atoms with E-state index in [1.807, 2.05) is 0 Å². The van der Waals surface area contributed by atoms with E-state index in [4.69, 9.17) is 9.47 Å². The van der Waals surface area contributed by atoms with Crippen LogP contribution in [0.25, 0.3) is 21.9 Å². The zero-order valence-corrected chi connectivity index (χ0v) is 27.9. The number of alkyl halides is 4. The lowest BCUT2D eigenvalue weighted by atomic mass is 9.96. The van der Waals surface area contributed by atoms with Crippen molar-refractivity contribution in [3.05, 3.63) is 35.1 Å². The van der Waals surface area contributed by atoms with Crippen LogP contribution in [0, 0.1) is 0 Å². The molecule has 1 saturated carbocycles. The number of amides is 2. The molecule has 250 valence electrons. The van der Waals surface area contributed by atoms with E-state index in [1.165, 1.54) is 28.9 Å². The summed E-state index contributed by atoms with van der Waals surface area (Å²) >= 11 is 0.572. The molecule has 46 heavy (non-hydrogen) atoms. The molecule has 0 radical (unpaired) electrons. The highest BCUT2D eigenvalue weighted by atomic mass is 32.2. The molecular weight excluding hydrogens is 652 g/mol. The molecule has 5 rings (SSSR count). The maximum absolute atomic E-state index is 15.9. The van der Waals surface area contributed by atoms with Gasteiger partial charge >= 0.3 is 12.2 Å². The Balaban J connectivity index is 1.65. The van der Waals surface area contributed by atoms with Crippen LogP contribution in [0.4, 0.5) is 27.2 Å². The first-order chi connectivity index (χ1) is 21.2. The Kier molecular flexibility index (Phi) is 8.49. The molecule has 2 aliphatic rings. The Morgan fingerprint density at radius 3 is 2.28 bits per heavy atom. The summed E-state index contributed by atoms with van der Waals surface area (Å²) in [6, 6.07) is 1.29. The first kappa shape index (κ1) is 33.8. The van der Waals surface area contributed by atoms with Crippen LogP contribution < -0.4 is 0 Å². The number of nitrogens with zero attached hydrogens (tertiary/aromatic N) is 6. The van der Waals surface area contributed by atoms with Crippen LogP contribution in [0.2, 0.25) is 0 Å². The van der Waals surface area contributed by atoms with Crippen molar-refractivity contribution < 1.29 is 40.8 Å². The average molecular weight is 687 g/mol. The van der Waals surface area contributed by atoms with E-state index >= 15 is 8.78 Å². The lowest BCUT2D eigenvalue weighted by Crippen LogP contribution is -2.47. The molecule has 2 amide bonds. The summed E-state index contributed by atoms with van der Waals surface area (Å²) in [6.45, 7) is 10.4. The van der Waals surface area contributed by atoms with E-state index in [0.29, 0.717) is 24.2 Å². The molecule has 4 heterocycles. The molecule has 1 aliphatic heterocycles. The van der Waals surface area contributed by atoms with Gasteiger partial charge in [-0.25, -0.2) is 31.9 Å². The Bertz CT molecular complexity index is 1740. The number of hydrogen-bond acceptors (Lipinski definition) is 9. The van der Waals surface area contributed by atoms with Crippen molar-refractivity contribution in [2.75, 3.05) is 13.1 Å². The van der Waals surface area contributed by atoms with Crippen molar-refractivity contribution >= 4 is 45.6 Å². The highest BCUT2D eigenvalue weighted by Gasteiger charge is 2.51. The summed E-state index contributed by atoms with van der Waals surface area (Å²) in [4.78, 5) is 31.1. The Labute approximate surface area is 269 Å². The topological polar surface area (TPSA) is 119 Å². The van der Waals surface area contributed by atoms with Crippen molar-refractivity contribution in [1.82, 2.24) is 28.8 Å². The van der Waals surface area contributed by atoms with E-state index in [2.05, 4.69) is 15.2 Å². The van der Waals surface area contributed by atoms with Crippen molar-refractivity contribution in [3.8, 4) is 10.8 Å². The minimum absolute atomic E-state index is 0.00365. The molecule has 11 nitrogen and oxygen atoms in total. The number of ether oxygens (including phenoxy) is 2. The van der Waals surface area contributed by atoms with Gasteiger partial charge in [-0.1, -0.05) is 17.4 Å². The second-order valence-corrected chi connectivity index (χ2v) is 15.7. The van der Waals surface area contributed by atoms with Gasteiger partial charge in [-0.3, -0.25) is 9.30 Å². The molecule has 0 N–H and O–H groups in total. The number of carbonyl (C=O) groups excluding carboxylic acids is 2. The average Bonchev–Trinajstić information content (AvgIpc) is 3.29. The summed E-state index contributed by atoms with van der Waals surface area (Å²) in [7, 11) is -2.26. The monoisotopic (exact) mass is 686 g/mol. The molecule has 1 aliphatic carbocycles. The van der Waals surface area contributed by atoms with Crippen LogP contribution in [0.3, 0.4) is 0 Å². The van der Waals surface area contributed by atoms with Crippen molar-refractivity contribution in [2.24, 2.45) is 0 Å². The van der Waals surface area contributed by atoms with Crippen molar-refractivity contribution in [2.45, 2.75) is 95.3 Å².